The smallest absolute Gasteiger partial charge is 0.117 e. The molecule has 0 fully saturated rings. The van der Waals surface area contributed by atoms with E-state index in [1.54, 1.807) is 0 Å². The van der Waals surface area contributed by atoms with E-state index in [2.05, 4.69) is 0 Å². The molecule has 0 radical (unpaired) electrons. The second-order valence-corrected chi connectivity index (χ2v) is 3.64. The topological polar surface area (TPSA) is 77.4 Å². The summed E-state index contributed by atoms with van der Waals surface area (Å²) < 4.78 is 30.5. The molecule has 1 aromatic carbocycles. The van der Waals surface area contributed by atoms with Gasteiger partial charge >= 0.3 is 0 Å². The van der Waals surface area contributed by atoms with E-state index in [0.717, 1.165) is 0 Å². The third-order valence-corrected chi connectivity index (χ3v) is 1.79. The van der Waals surface area contributed by atoms with Gasteiger partial charge in [0.05, 0.1) is 0 Å². The van der Waals surface area contributed by atoms with E-state index >= 15 is 0 Å². The fourth-order valence-electron chi connectivity index (χ4n) is 0.747. The van der Waals surface area contributed by atoms with E-state index in [4.69, 9.17) is 5.11 Å². The van der Waals surface area contributed by atoms with Gasteiger partial charge in [-0.25, -0.2) is 8.42 Å². The van der Waals surface area contributed by atoms with Crippen molar-refractivity contribution in [2.75, 3.05) is 0 Å². The first-order valence-electron chi connectivity index (χ1n) is 3.40. The summed E-state index contributed by atoms with van der Waals surface area (Å²) in [4.78, 5) is 0. The van der Waals surface area contributed by atoms with Gasteiger partial charge in [0, 0.05) is 5.41 Å². The average molecular weight is 199 g/mol. The molecule has 0 spiro atoms. The van der Waals surface area contributed by atoms with Gasteiger partial charge in [-0.05, 0) is 23.8 Å². The van der Waals surface area contributed by atoms with Crippen LogP contribution >= 0.6 is 0 Å². The Morgan fingerprint density at radius 2 is 1.77 bits per heavy atom. The van der Waals surface area contributed by atoms with Crippen molar-refractivity contribution in [2.45, 2.75) is 0 Å². The Labute approximate surface area is 75.9 Å². The molecule has 13 heavy (non-hydrogen) atoms. The van der Waals surface area contributed by atoms with Crippen molar-refractivity contribution in [3.8, 4) is 5.75 Å². The summed E-state index contributed by atoms with van der Waals surface area (Å²) in [7, 11) is -4.33. The molecule has 5 heteroatoms. The molecular formula is C8H7O4S-. The molecule has 1 rings (SSSR count). The Balaban J connectivity index is 2.88. The molecule has 0 amide bonds. The van der Waals surface area contributed by atoms with Crippen LogP contribution in [0.1, 0.15) is 5.56 Å². The third-order valence-electron chi connectivity index (χ3n) is 1.32. The minimum absolute atomic E-state index is 0.0853. The lowest BCUT2D eigenvalue weighted by molar-refractivity contribution is 0.473. The summed E-state index contributed by atoms with van der Waals surface area (Å²) in [6.07, 6.45) is 1.17. The molecule has 0 bridgehead atoms. The molecule has 1 N–H and O–H groups in total. The molecular weight excluding hydrogens is 192 g/mol. The van der Waals surface area contributed by atoms with Crippen LogP contribution in [0.3, 0.4) is 0 Å². The van der Waals surface area contributed by atoms with Crippen LogP contribution in [0.2, 0.25) is 0 Å². The van der Waals surface area contributed by atoms with E-state index in [1.165, 1.54) is 30.3 Å². The Morgan fingerprint density at radius 1 is 1.23 bits per heavy atom. The molecule has 0 unspecified atom stereocenters. The highest BCUT2D eigenvalue weighted by Crippen LogP contribution is 2.10. The minimum atomic E-state index is -4.33. The van der Waals surface area contributed by atoms with E-state index in [1.807, 2.05) is 0 Å². The molecule has 0 aliphatic heterocycles. The number of phenols is 1. The fraction of sp³-hybridized carbons (Fsp3) is 0. The van der Waals surface area contributed by atoms with Gasteiger partial charge in [-0.2, -0.15) is 0 Å². The maximum Gasteiger partial charge on any atom is 0.117 e. The highest BCUT2D eigenvalue weighted by Gasteiger charge is 1.89. The number of phenolic OH excluding ortho intramolecular Hbond substituents is 1. The molecule has 0 heterocycles. The normalized spacial score (nSPS) is 12.1. The largest absolute Gasteiger partial charge is 0.744 e. The first kappa shape index (κ1) is 9.76. The summed E-state index contributed by atoms with van der Waals surface area (Å²) in [5.41, 5.74) is 0.539. The van der Waals surface area contributed by atoms with Crippen LogP contribution in [0.5, 0.6) is 5.75 Å². The Kier molecular flexibility index (Phi) is 2.69. The van der Waals surface area contributed by atoms with Crippen molar-refractivity contribution in [3.05, 3.63) is 35.2 Å². The van der Waals surface area contributed by atoms with Gasteiger partial charge in [0.25, 0.3) is 0 Å². The van der Waals surface area contributed by atoms with Gasteiger partial charge in [0.15, 0.2) is 0 Å². The fourth-order valence-corrected chi connectivity index (χ4v) is 1.07. The molecule has 0 aliphatic carbocycles. The molecule has 0 atom stereocenters. The zero-order valence-electron chi connectivity index (χ0n) is 6.54. The summed E-state index contributed by atoms with van der Waals surface area (Å²) >= 11 is 0. The number of benzene rings is 1. The lowest BCUT2D eigenvalue weighted by Gasteiger charge is -1.98. The van der Waals surface area contributed by atoms with Gasteiger partial charge in [-0.1, -0.05) is 12.1 Å². The van der Waals surface area contributed by atoms with Crippen LogP contribution in [0, 0.1) is 0 Å². The van der Waals surface area contributed by atoms with Crippen LogP contribution < -0.4 is 0 Å². The predicted octanol–water partition coefficient (Wildman–Crippen LogP) is 0.908. The van der Waals surface area contributed by atoms with Gasteiger partial charge < -0.3 is 9.66 Å². The molecule has 70 valence electrons. The van der Waals surface area contributed by atoms with Crippen molar-refractivity contribution in [1.82, 2.24) is 0 Å². The van der Waals surface area contributed by atoms with E-state index in [-0.39, 0.29) is 5.75 Å². The molecule has 4 nitrogen and oxygen atoms in total. The first-order valence-corrected chi connectivity index (χ1v) is 4.87. The second-order valence-electron chi connectivity index (χ2n) is 2.39. The van der Waals surface area contributed by atoms with Crippen molar-refractivity contribution >= 4 is 16.2 Å². The zero-order valence-corrected chi connectivity index (χ0v) is 7.36. The molecule has 1 aromatic rings. The number of hydrogen-bond donors (Lipinski definition) is 1. The number of rotatable bonds is 2. The van der Waals surface area contributed by atoms with Crippen LogP contribution in [-0.4, -0.2) is 18.1 Å². The predicted molar refractivity (Wildman–Crippen MR) is 46.8 cm³/mol. The molecule has 0 aromatic heterocycles. The standard InChI is InChI=1S/C8H8O4S/c9-8-3-1-7(2-4-8)5-6-13(10,11)12/h1-6,9H,(H,10,11,12)/p-1/b6-5+. The maximum absolute atomic E-state index is 10.2. The first-order chi connectivity index (χ1) is 5.97. The van der Waals surface area contributed by atoms with Crippen molar-refractivity contribution in [1.29, 1.82) is 0 Å². The lowest BCUT2D eigenvalue weighted by Crippen LogP contribution is -1.89. The summed E-state index contributed by atoms with van der Waals surface area (Å²) in [6.45, 7) is 0. The maximum atomic E-state index is 10.2. The number of hydrogen-bond acceptors (Lipinski definition) is 4. The van der Waals surface area contributed by atoms with E-state index in [0.29, 0.717) is 11.0 Å². The summed E-state index contributed by atoms with van der Waals surface area (Å²) in [5.74, 6) is 0.0853. The van der Waals surface area contributed by atoms with Gasteiger partial charge in [0.2, 0.25) is 0 Å². The SMILES string of the molecule is O=S(=O)([O-])/C=C/c1ccc(O)cc1. The summed E-state index contributed by atoms with van der Waals surface area (Å²) in [6, 6.07) is 5.79. The molecule has 0 saturated carbocycles. The summed E-state index contributed by atoms with van der Waals surface area (Å²) in [5, 5.41) is 9.45. The highest BCUT2D eigenvalue weighted by atomic mass is 32.2. The van der Waals surface area contributed by atoms with Gasteiger partial charge in [0.1, 0.15) is 15.9 Å². The number of aromatic hydroxyl groups is 1. The van der Waals surface area contributed by atoms with E-state index < -0.39 is 10.1 Å². The zero-order chi connectivity index (χ0) is 9.90. The Bertz CT molecular complexity index is 402. The Hall–Kier alpha value is -1.33. The van der Waals surface area contributed by atoms with Crippen molar-refractivity contribution in [2.24, 2.45) is 0 Å². The van der Waals surface area contributed by atoms with Crippen LogP contribution in [0.15, 0.2) is 29.7 Å². The van der Waals surface area contributed by atoms with Gasteiger partial charge in [-0.15, -0.1) is 0 Å². The third kappa shape index (κ3) is 3.73. The van der Waals surface area contributed by atoms with E-state index in [9.17, 15) is 13.0 Å². The Morgan fingerprint density at radius 3 is 2.23 bits per heavy atom. The molecule has 0 aliphatic rings. The van der Waals surface area contributed by atoms with Crippen molar-refractivity contribution in [3.63, 3.8) is 0 Å². The molecule has 0 saturated heterocycles. The minimum Gasteiger partial charge on any atom is -0.744 e. The quantitative estimate of drug-likeness (QED) is 0.718. The monoisotopic (exact) mass is 199 g/mol. The van der Waals surface area contributed by atoms with Crippen LogP contribution in [0.25, 0.3) is 6.08 Å². The van der Waals surface area contributed by atoms with Crippen molar-refractivity contribution < 1.29 is 18.1 Å². The second kappa shape index (κ2) is 3.59. The average Bonchev–Trinajstić information content (AvgIpc) is 2.02. The van der Waals surface area contributed by atoms with Crippen LogP contribution in [-0.2, 0) is 10.1 Å². The van der Waals surface area contributed by atoms with Crippen LogP contribution in [0.4, 0.5) is 0 Å². The lowest BCUT2D eigenvalue weighted by atomic mass is 10.2. The van der Waals surface area contributed by atoms with Gasteiger partial charge in [-0.3, -0.25) is 0 Å². The highest BCUT2D eigenvalue weighted by molar-refractivity contribution is 7.88.